The van der Waals surface area contributed by atoms with Crippen molar-refractivity contribution in [2.24, 2.45) is 16.6 Å². The summed E-state index contributed by atoms with van der Waals surface area (Å²) in [5.74, 6) is -0.764. The number of amides is 2. The van der Waals surface area contributed by atoms with Gasteiger partial charge in [-0.1, -0.05) is 13.8 Å². The number of aliphatic imine (C=N–C) groups is 1. The van der Waals surface area contributed by atoms with Crippen LogP contribution in [0.25, 0.3) is 0 Å². The second-order valence-corrected chi connectivity index (χ2v) is 4.20. The molecular weight excluding hydrogens is 224 g/mol. The molecule has 1 rings (SSSR count). The molecule has 1 saturated heterocycles. The molecule has 0 saturated carbocycles. The Kier molecular flexibility index (Phi) is 5.67. The van der Waals surface area contributed by atoms with Gasteiger partial charge in [-0.2, -0.15) is 5.06 Å². The monoisotopic (exact) mass is 242 g/mol. The molecule has 0 aliphatic carbocycles. The Morgan fingerprint density at radius 3 is 2.00 bits per heavy atom. The first-order valence-electron chi connectivity index (χ1n) is 5.19. The number of hydrogen-bond acceptors (Lipinski definition) is 6. The molecule has 96 valence electrons. The van der Waals surface area contributed by atoms with Crippen LogP contribution < -0.4 is 5.73 Å². The van der Waals surface area contributed by atoms with Gasteiger partial charge < -0.3 is 5.73 Å². The van der Waals surface area contributed by atoms with Gasteiger partial charge in [0.05, 0.1) is 6.01 Å². The fourth-order valence-electron chi connectivity index (χ4n) is 0.814. The third kappa shape index (κ3) is 4.86. The predicted octanol–water partition coefficient (Wildman–Crippen LogP) is 0.595. The van der Waals surface area contributed by atoms with Gasteiger partial charge in [0.15, 0.2) is 0 Å². The van der Waals surface area contributed by atoms with E-state index in [1.54, 1.807) is 6.92 Å². The van der Waals surface area contributed by atoms with Gasteiger partial charge in [0.1, 0.15) is 5.66 Å². The lowest BCUT2D eigenvalue weighted by atomic mass is 10.0. The van der Waals surface area contributed by atoms with Crippen LogP contribution in [0.2, 0.25) is 0 Å². The molecule has 7 nitrogen and oxygen atoms in total. The van der Waals surface area contributed by atoms with E-state index in [-0.39, 0.29) is 23.8 Å². The Morgan fingerprint density at radius 2 is 1.88 bits per heavy atom. The maximum atomic E-state index is 10.2. The number of nitrogens with zero attached hydrogens (tertiary/aromatic N) is 2. The van der Waals surface area contributed by atoms with E-state index in [9.17, 15) is 9.59 Å². The first-order valence-corrected chi connectivity index (χ1v) is 5.19. The minimum absolute atomic E-state index is 0.148. The van der Waals surface area contributed by atoms with Gasteiger partial charge >= 0.3 is 0 Å². The molecule has 4 N–H and O–H groups in total. The SMILES string of the molecule is CC(C)C(C)(N)N=C=N.O=C1CCC(=O)N1O. The van der Waals surface area contributed by atoms with E-state index in [2.05, 4.69) is 4.99 Å². The molecule has 1 fully saturated rings. The number of carbonyl (C=O) groups is 2. The number of hydroxylamine groups is 2. The maximum absolute atomic E-state index is 10.2. The fraction of sp³-hybridized carbons (Fsp3) is 0.700. The highest BCUT2D eigenvalue weighted by Gasteiger charge is 2.26. The van der Waals surface area contributed by atoms with Gasteiger partial charge in [-0.3, -0.25) is 14.8 Å². The van der Waals surface area contributed by atoms with Crippen molar-refractivity contribution in [3.05, 3.63) is 0 Å². The molecular formula is C10H18N4O3. The van der Waals surface area contributed by atoms with E-state index in [0.717, 1.165) is 0 Å². The summed E-state index contributed by atoms with van der Waals surface area (Å²) in [5, 5.41) is 15.1. The van der Waals surface area contributed by atoms with Gasteiger partial charge in [0.2, 0.25) is 0 Å². The van der Waals surface area contributed by atoms with Crippen LogP contribution in [-0.4, -0.2) is 33.8 Å². The first-order chi connectivity index (χ1) is 7.72. The Bertz CT molecular complexity index is 329. The summed E-state index contributed by atoms with van der Waals surface area (Å²) in [4.78, 5) is 24.1. The zero-order valence-electron chi connectivity index (χ0n) is 10.2. The summed E-state index contributed by atoms with van der Waals surface area (Å²) in [5.41, 5.74) is 5.00. The van der Waals surface area contributed by atoms with Crippen molar-refractivity contribution < 1.29 is 14.8 Å². The van der Waals surface area contributed by atoms with Crippen LogP contribution in [0.4, 0.5) is 0 Å². The maximum Gasteiger partial charge on any atom is 0.253 e. The lowest BCUT2D eigenvalue weighted by Gasteiger charge is -2.21. The molecule has 17 heavy (non-hydrogen) atoms. The molecule has 0 aromatic carbocycles. The standard InChI is InChI=1S/C6H13N3.C4H5NO3/c1-5(2)6(3,8)9-4-7;6-3-1-2-4(7)5(3)8/h5,7H,8H2,1-3H3;8H,1-2H2. The molecule has 7 heteroatoms. The molecule has 0 spiro atoms. The van der Waals surface area contributed by atoms with Gasteiger partial charge in [-0.15, -0.1) is 0 Å². The smallest absolute Gasteiger partial charge is 0.253 e. The average molecular weight is 242 g/mol. The summed E-state index contributed by atoms with van der Waals surface area (Å²) in [7, 11) is 0. The van der Waals surface area contributed by atoms with Crippen molar-refractivity contribution in [1.29, 1.82) is 5.41 Å². The Hall–Kier alpha value is -1.56. The molecule has 1 heterocycles. The first kappa shape index (κ1) is 15.4. The molecule has 0 aromatic heterocycles. The highest BCUT2D eigenvalue weighted by molar-refractivity contribution is 6.00. The Labute approximate surface area is 99.8 Å². The minimum atomic E-state index is -0.623. The predicted molar refractivity (Wildman–Crippen MR) is 60.5 cm³/mol. The van der Waals surface area contributed by atoms with E-state index < -0.39 is 17.5 Å². The summed E-state index contributed by atoms with van der Waals surface area (Å²) < 4.78 is 0. The number of nitrogens with two attached hydrogens (primary N) is 1. The number of hydrogen-bond donors (Lipinski definition) is 3. The summed E-state index contributed by atoms with van der Waals surface area (Å²) >= 11 is 0. The zero-order valence-corrected chi connectivity index (χ0v) is 10.2. The van der Waals surface area contributed by atoms with Crippen LogP contribution in [0, 0.1) is 11.3 Å². The molecule has 0 radical (unpaired) electrons. The molecule has 0 bridgehead atoms. The quantitative estimate of drug-likeness (QED) is 0.373. The van der Waals surface area contributed by atoms with Crippen LogP contribution in [0.1, 0.15) is 33.6 Å². The lowest BCUT2D eigenvalue weighted by molar-refractivity contribution is -0.171. The normalized spacial score (nSPS) is 18.4. The summed E-state index contributed by atoms with van der Waals surface area (Å²) in [6.07, 6.45) is 0.296. The van der Waals surface area contributed by atoms with Gasteiger partial charge in [-0.25, -0.2) is 10.4 Å². The zero-order chi connectivity index (χ0) is 13.6. The van der Waals surface area contributed by atoms with E-state index >= 15 is 0 Å². The number of imide groups is 1. The molecule has 1 unspecified atom stereocenters. The van der Waals surface area contributed by atoms with Crippen LogP contribution in [0.3, 0.4) is 0 Å². The molecule has 2 amide bonds. The van der Waals surface area contributed by atoms with Gasteiger partial charge in [-0.05, 0) is 12.8 Å². The van der Waals surface area contributed by atoms with Crippen LogP contribution in [0.5, 0.6) is 0 Å². The van der Waals surface area contributed by atoms with Gasteiger partial charge in [0, 0.05) is 12.8 Å². The summed E-state index contributed by atoms with van der Waals surface area (Å²) in [6.45, 7) is 5.70. The van der Waals surface area contributed by atoms with Crippen molar-refractivity contribution in [1.82, 2.24) is 5.06 Å². The number of carbonyl (C=O) groups excluding carboxylic acids is 2. The molecule has 0 aromatic rings. The molecule has 1 aliphatic rings. The Balaban J connectivity index is 0.000000302. The van der Waals surface area contributed by atoms with Gasteiger partial charge in [0.25, 0.3) is 11.8 Å². The summed E-state index contributed by atoms with van der Waals surface area (Å²) in [6, 6.07) is 1.94. The van der Waals surface area contributed by atoms with Crippen LogP contribution in [-0.2, 0) is 9.59 Å². The highest BCUT2D eigenvalue weighted by atomic mass is 16.5. The largest absolute Gasteiger partial charge is 0.307 e. The Morgan fingerprint density at radius 1 is 1.47 bits per heavy atom. The lowest BCUT2D eigenvalue weighted by Crippen LogP contribution is -2.39. The third-order valence-corrected chi connectivity index (χ3v) is 2.49. The fourth-order valence-corrected chi connectivity index (χ4v) is 0.814. The number of rotatable bonds is 2. The highest BCUT2D eigenvalue weighted by Crippen LogP contribution is 2.12. The topological polar surface area (TPSA) is 120 Å². The van der Waals surface area contributed by atoms with Crippen molar-refractivity contribution in [2.45, 2.75) is 39.3 Å². The number of nitrogens with one attached hydrogen (secondary N) is 1. The van der Waals surface area contributed by atoms with Crippen molar-refractivity contribution >= 4 is 17.8 Å². The second kappa shape index (κ2) is 6.24. The van der Waals surface area contributed by atoms with E-state index in [4.69, 9.17) is 16.4 Å². The van der Waals surface area contributed by atoms with E-state index in [1.165, 1.54) is 0 Å². The average Bonchev–Trinajstić information content (AvgIpc) is 2.50. The molecule has 1 aliphatic heterocycles. The minimum Gasteiger partial charge on any atom is -0.307 e. The third-order valence-electron chi connectivity index (χ3n) is 2.49. The van der Waals surface area contributed by atoms with Crippen molar-refractivity contribution in [3.63, 3.8) is 0 Å². The second-order valence-electron chi connectivity index (χ2n) is 4.20. The van der Waals surface area contributed by atoms with Crippen LogP contribution >= 0.6 is 0 Å². The van der Waals surface area contributed by atoms with Crippen LogP contribution in [0.15, 0.2) is 4.99 Å². The van der Waals surface area contributed by atoms with Crippen molar-refractivity contribution in [3.8, 4) is 0 Å². The molecule has 1 atom stereocenters. The van der Waals surface area contributed by atoms with Crippen molar-refractivity contribution in [2.75, 3.05) is 0 Å². The van der Waals surface area contributed by atoms with E-state index in [1.807, 2.05) is 19.9 Å². The van der Waals surface area contributed by atoms with E-state index in [0.29, 0.717) is 0 Å².